The first kappa shape index (κ1) is 20.2. The average molecular weight is 417 g/mol. The SMILES string of the molecule is COc1ccccc1CCc1ccc(C2=Cc3ccccc3C3=NCCN23)cc1.Cl. The van der Waals surface area contributed by atoms with E-state index < -0.39 is 0 Å². The minimum atomic E-state index is 0. The van der Waals surface area contributed by atoms with Crippen molar-refractivity contribution in [2.24, 2.45) is 4.99 Å². The predicted molar refractivity (Wildman–Crippen MR) is 127 cm³/mol. The third-order valence-corrected chi connectivity index (χ3v) is 5.75. The van der Waals surface area contributed by atoms with E-state index >= 15 is 0 Å². The van der Waals surface area contributed by atoms with Crippen molar-refractivity contribution in [1.29, 1.82) is 0 Å². The number of amidine groups is 1. The Morgan fingerprint density at radius 3 is 2.50 bits per heavy atom. The molecule has 0 unspecified atom stereocenters. The van der Waals surface area contributed by atoms with Crippen molar-refractivity contribution in [1.82, 2.24) is 4.90 Å². The maximum Gasteiger partial charge on any atom is 0.136 e. The molecular weight excluding hydrogens is 392 g/mol. The van der Waals surface area contributed by atoms with E-state index in [1.54, 1.807) is 7.11 Å². The van der Waals surface area contributed by atoms with E-state index in [1.165, 1.54) is 33.5 Å². The fourth-order valence-electron chi connectivity index (χ4n) is 4.23. The molecule has 30 heavy (non-hydrogen) atoms. The second-order valence-electron chi connectivity index (χ2n) is 7.48. The first-order chi connectivity index (χ1) is 14.3. The van der Waals surface area contributed by atoms with Crippen LogP contribution in [0.3, 0.4) is 0 Å². The minimum absolute atomic E-state index is 0. The molecule has 0 atom stereocenters. The molecule has 5 rings (SSSR count). The second-order valence-corrected chi connectivity index (χ2v) is 7.48. The summed E-state index contributed by atoms with van der Waals surface area (Å²) in [7, 11) is 1.74. The van der Waals surface area contributed by atoms with Gasteiger partial charge < -0.3 is 9.64 Å². The van der Waals surface area contributed by atoms with Crippen LogP contribution in [-0.2, 0) is 12.8 Å². The first-order valence-corrected chi connectivity index (χ1v) is 10.2. The Morgan fingerprint density at radius 2 is 1.67 bits per heavy atom. The molecule has 4 heteroatoms. The third-order valence-electron chi connectivity index (χ3n) is 5.75. The van der Waals surface area contributed by atoms with E-state index in [0.717, 1.165) is 37.5 Å². The molecule has 0 fully saturated rings. The van der Waals surface area contributed by atoms with Gasteiger partial charge in [0.2, 0.25) is 0 Å². The third kappa shape index (κ3) is 3.73. The molecule has 0 aliphatic carbocycles. The summed E-state index contributed by atoms with van der Waals surface area (Å²) in [5, 5.41) is 0. The Labute approximate surface area is 184 Å². The van der Waals surface area contributed by atoms with Gasteiger partial charge in [-0.1, -0.05) is 66.7 Å². The lowest BCUT2D eigenvalue weighted by Gasteiger charge is -2.29. The van der Waals surface area contributed by atoms with Gasteiger partial charge in [0, 0.05) is 12.1 Å². The summed E-state index contributed by atoms with van der Waals surface area (Å²) in [4.78, 5) is 7.11. The molecule has 2 aliphatic heterocycles. The van der Waals surface area contributed by atoms with Crippen molar-refractivity contribution in [3.05, 3.63) is 101 Å². The van der Waals surface area contributed by atoms with Gasteiger partial charge in [0.25, 0.3) is 0 Å². The lowest BCUT2D eigenvalue weighted by Crippen LogP contribution is -2.30. The van der Waals surface area contributed by atoms with E-state index in [-0.39, 0.29) is 12.4 Å². The average Bonchev–Trinajstić information content (AvgIpc) is 3.28. The van der Waals surface area contributed by atoms with Crippen LogP contribution >= 0.6 is 12.4 Å². The summed E-state index contributed by atoms with van der Waals surface area (Å²) < 4.78 is 5.48. The molecule has 152 valence electrons. The highest BCUT2D eigenvalue weighted by molar-refractivity contribution is 6.12. The number of methoxy groups -OCH3 is 1. The lowest BCUT2D eigenvalue weighted by molar-refractivity contribution is 0.409. The highest BCUT2D eigenvalue weighted by Gasteiger charge is 2.28. The normalized spacial score (nSPS) is 14.2. The molecule has 2 heterocycles. The highest BCUT2D eigenvalue weighted by Crippen LogP contribution is 2.33. The zero-order valence-corrected chi connectivity index (χ0v) is 17.9. The van der Waals surface area contributed by atoms with Gasteiger partial charge in [-0.05, 0) is 47.2 Å². The summed E-state index contributed by atoms with van der Waals surface area (Å²) in [6.07, 6.45) is 4.27. The zero-order valence-electron chi connectivity index (χ0n) is 17.0. The van der Waals surface area contributed by atoms with E-state index in [0.29, 0.717) is 0 Å². The number of nitrogens with zero attached hydrogens (tertiary/aromatic N) is 2. The Bertz CT molecular complexity index is 1100. The Balaban J connectivity index is 0.00000218. The molecule has 0 radical (unpaired) electrons. The van der Waals surface area contributed by atoms with Gasteiger partial charge in [-0.15, -0.1) is 12.4 Å². The van der Waals surface area contributed by atoms with E-state index in [9.17, 15) is 0 Å². The highest BCUT2D eigenvalue weighted by atomic mass is 35.5. The van der Waals surface area contributed by atoms with Crippen molar-refractivity contribution in [2.75, 3.05) is 20.2 Å². The quantitative estimate of drug-likeness (QED) is 0.550. The molecule has 0 aromatic heterocycles. The van der Waals surface area contributed by atoms with Crippen molar-refractivity contribution < 1.29 is 4.74 Å². The van der Waals surface area contributed by atoms with Crippen LogP contribution in [0.4, 0.5) is 0 Å². The number of para-hydroxylation sites is 1. The van der Waals surface area contributed by atoms with E-state index in [2.05, 4.69) is 71.6 Å². The van der Waals surface area contributed by atoms with Crippen LogP contribution in [0.2, 0.25) is 0 Å². The van der Waals surface area contributed by atoms with Crippen LogP contribution in [0.1, 0.15) is 27.8 Å². The summed E-state index contributed by atoms with van der Waals surface area (Å²) in [6.45, 7) is 1.81. The van der Waals surface area contributed by atoms with E-state index in [4.69, 9.17) is 9.73 Å². The summed E-state index contributed by atoms with van der Waals surface area (Å²) in [6, 6.07) is 25.8. The Kier molecular flexibility index (Phi) is 5.91. The topological polar surface area (TPSA) is 24.8 Å². The van der Waals surface area contributed by atoms with Gasteiger partial charge in [-0.25, -0.2) is 0 Å². The standard InChI is InChI=1S/C26H24N2O.ClH/c1-29-25-9-5-3-6-21(25)15-12-19-10-13-20(14-11-19)24-18-22-7-2-4-8-23(22)26-27-16-17-28(24)26;/h2-11,13-14,18H,12,15-17H2,1H3;1H. The number of rotatable bonds is 5. The van der Waals surface area contributed by atoms with Gasteiger partial charge in [-0.2, -0.15) is 0 Å². The maximum absolute atomic E-state index is 5.48. The molecule has 0 N–H and O–H groups in total. The van der Waals surface area contributed by atoms with Crippen LogP contribution in [0, 0.1) is 0 Å². The largest absolute Gasteiger partial charge is 0.496 e. The number of ether oxygens (including phenoxy) is 1. The molecule has 3 aromatic rings. The Hall–Kier alpha value is -3.04. The first-order valence-electron chi connectivity index (χ1n) is 10.2. The number of halogens is 1. The number of hydrogen-bond acceptors (Lipinski definition) is 3. The Morgan fingerprint density at radius 1 is 0.900 bits per heavy atom. The number of fused-ring (bicyclic) bond motifs is 3. The molecule has 0 saturated carbocycles. The predicted octanol–water partition coefficient (Wildman–Crippen LogP) is 5.48. The number of aryl methyl sites for hydroxylation is 2. The van der Waals surface area contributed by atoms with Crippen LogP contribution < -0.4 is 4.74 Å². The number of benzene rings is 3. The van der Waals surface area contributed by atoms with Gasteiger partial charge in [0.1, 0.15) is 11.6 Å². The van der Waals surface area contributed by atoms with Gasteiger partial charge >= 0.3 is 0 Å². The zero-order chi connectivity index (χ0) is 19.6. The summed E-state index contributed by atoms with van der Waals surface area (Å²) in [5.74, 6) is 2.08. The van der Waals surface area contributed by atoms with Crippen molar-refractivity contribution in [3.63, 3.8) is 0 Å². The second kappa shape index (κ2) is 8.76. The monoisotopic (exact) mass is 416 g/mol. The maximum atomic E-state index is 5.48. The van der Waals surface area contributed by atoms with Crippen LogP contribution in [0.15, 0.2) is 77.8 Å². The fraction of sp³-hybridized carbons (Fsp3) is 0.192. The van der Waals surface area contributed by atoms with Crippen LogP contribution in [0.5, 0.6) is 5.75 Å². The summed E-state index contributed by atoms with van der Waals surface area (Å²) in [5.41, 5.74) is 7.57. The molecule has 0 saturated heterocycles. The molecule has 2 aliphatic rings. The van der Waals surface area contributed by atoms with Crippen LogP contribution in [0.25, 0.3) is 11.8 Å². The van der Waals surface area contributed by atoms with Crippen molar-refractivity contribution >= 4 is 30.0 Å². The van der Waals surface area contributed by atoms with Crippen molar-refractivity contribution in [2.45, 2.75) is 12.8 Å². The smallest absolute Gasteiger partial charge is 0.136 e. The van der Waals surface area contributed by atoms with Crippen LogP contribution in [-0.4, -0.2) is 30.9 Å². The molecule has 3 nitrogen and oxygen atoms in total. The van der Waals surface area contributed by atoms with Crippen molar-refractivity contribution in [3.8, 4) is 5.75 Å². The minimum Gasteiger partial charge on any atom is -0.496 e. The summed E-state index contributed by atoms with van der Waals surface area (Å²) >= 11 is 0. The number of hydrogen-bond donors (Lipinski definition) is 0. The fourth-order valence-corrected chi connectivity index (χ4v) is 4.23. The molecular formula is C26H25ClN2O. The molecule has 0 bridgehead atoms. The lowest BCUT2D eigenvalue weighted by atomic mass is 9.96. The van der Waals surface area contributed by atoms with Gasteiger partial charge in [0.15, 0.2) is 0 Å². The number of aliphatic imine (C=N–C) groups is 1. The molecule has 3 aromatic carbocycles. The molecule has 0 amide bonds. The van der Waals surface area contributed by atoms with Gasteiger partial charge in [-0.3, -0.25) is 4.99 Å². The molecule has 0 spiro atoms. The van der Waals surface area contributed by atoms with Gasteiger partial charge in [0.05, 0.1) is 19.4 Å². The van der Waals surface area contributed by atoms with E-state index in [1.807, 2.05) is 12.1 Å².